The summed E-state index contributed by atoms with van der Waals surface area (Å²) < 4.78 is 5.23. The van der Waals surface area contributed by atoms with Crippen LogP contribution in [-0.4, -0.2) is 11.6 Å². The predicted octanol–water partition coefficient (Wildman–Crippen LogP) is 3.93. The van der Waals surface area contributed by atoms with Gasteiger partial charge in [0.2, 0.25) is 0 Å². The van der Waals surface area contributed by atoms with Crippen molar-refractivity contribution in [2.75, 3.05) is 0 Å². The molecular weight excluding hydrogens is 188 g/mol. The number of hydrogen-bond donors (Lipinski definition) is 0. The zero-order chi connectivity index (χ0) is 11.9. The molecule has 0 saturated heterocycles. The molecule has 0 aliphatic heterocycles. The molecule has 0 radical (unpaired) electrons. The standard InChI is InChI=1S/C13H26O2/c1-6-11(2)9-7-8-10-12(14)15-13(3,4)5/h11H,6-10H2,1-5H3. The number of unbranched alkanes of at least 4 members (excludes halogenated alkanes) is 1. The maximum Gasteiger partial charge on any atom is 0.306 e. The van der Waals surface area contributed by atoms with E-state index < -0.39 is 0 Å². The topological polar surface area (TPSA) is 26.3 Å². The van der Waals surface area contributed by atoms with Gasteiger partial charge in [-0.25, -0.2) is 0 Å². The number of hydrogen-bond acceptors (Lipinski definition) is 2. The molecule has 0 amide bonds. The van der Waals surface area contributed by atoms with Gasteiger partial charge >= 0.3 is 5.97 Å². The summed E-state index contributed by atoms with van der Waals surface area (Å²) in [6, 6.07) is 0. The zero-order valence-corrected chi connectivity index (χ0v) is 10.9. The third kappa shape index (κ3) is 9.77. The van der Waals surface area contributed by atoms with Crippen LogP contribution in [0, 0.1) is 5.92 Å². The molecule has 15 heavy (non-hydrogen) atoms. The van der Waals surface area contributed by atoms with Gasteiger partial charge in [-0.3, -0.25) is 4.79 Å². The second-order valence-corrected chi connectivity index (χ2v) is 5.35. The van der Waals surface area contributed by atoms with Crippen LogP contribution < -0.4 is 0 Å². The van der Waals surface area contributed by atoms with Crippen molar-refractivity contribution in [3.05, 3.63) is 0 Å². The Morgan fingerprint density at radius 3 is 2.33 bits per heavy atom. The number of carbonyl (C=O) groups excluding carboxylic acids is 1. The zero-order valence-electron chi connectivity index (χ0n) is 10.9. The van der Waals surface area contributed by atoms with Crippen molar-refractivity contribution >= 4 is 5.97 Å². The average molecular weight is 214 g/mol. The van der Waals surface area contributed by atoms with E-state index in [9.17, 15) is 4.79 Å². The second-order valence-electron chi connectivity index (χ2n) is 5.35. The van der Waals surface area contributed by atoms with E-state index in [0.717, 1.165) is 18.8 Å². The Morgan fingerprint density at radius 1 is 1.27 bits per heavy atom. The van der Waals surface area contributed by atoms with Crippen LogP contribution >= 0.6 is 0 Å². The summed E-state index contributed by atoms with van der Waals surface area (Å²) in [4.78, 5) is 11.4. The lowest BCUT2D eigenvalue weighted by molar-refractivity contribution is -0.154. The van der Waals surface area contributed by atoms with Gasteiger partial charge in [0, 0.05) is 6.42 Å². The molecule has 0 spiro atoms. The third-order valence-corrected chi connectivity index (χ3v) is 2.44. The van der Waals surface area contributed by atoms with Crippen LogP contribution in [0.4, 0.5) is 0 Å². The first-order valence-corrected chi connectivity index (χ1v) is 6.07. The molecule has 1 unspecified atom stereocenters. The highest BCUT2D eigenvalue weighted by molar-refractivity contribution is 5.69. The van der Waals surface area contributed by atoms with Gasteiger partial charge in [-0.1, -0.05) is 33.1 Å². The highest BCUT2D eigenvalue weighted by Crippen LogP contribution is 2.14. The molecule has 0 N–H and O–H groups in total. The van der Waals surface area contributed by atoms with E-state index in [1.807, 2.05) is 20.8 Å². The lowest BCUT2D eigenvalue weighted by Gasteiger charge is -2.19. The van der Waals surface area contributed by atoms with Crippen molar-refractivity contribution in [2.24, 2.45) is 5.92 Å². The number of esters is 1. The Bertz CT molecular complexity index is 179. The minimum absolute atomic E-state index is 0.0633. The first-order valence-electron chi connectivity index (χ1n) is 6.07. The van der Waals surface area contributed by atoms with Crippen molar-refractivity contribution in [3.63, 3.8) is 0 Å². The molecule has 0 aromatic carbocycles. The molecule has 0 bridgehead atoms. The SMILES string of the molecule is CCC(C)CCCCC(=O)OC(C)(C)C. The number of carbonyl (C=O) groups is 1. The van der Waals surface area contributed by atoms with Crippen LogP contribution in [0.15, 0.2) is 0 Å². The summed E-state index contributed by atoms with van der Waals surface area (Å²) in [6.07, 6.45) is 5.10. The minimum Gasteiger partial charge on any atom is -0.460 e. The summed E-state index contributed by atoms with van der Waals surface area (Å²) in [5, 5.41) is 0. The highest BCUT2D eigenvalue weighted by Gasteiger charge is 2.15. The van der Waals surface area contributed by atoms with Gasteiger partial charge < -0.3 is 4.74 Å². The fourth-order valence-corrected chi connectivity index (χ4v) is 1.36. The van der Waals surface area contributed by atoms with Crippen LogP contribution in [0.5, 0.6) is 0 Å². The summed E-state index contributed by atoms with van der Waals surface area (Å²) >= 11 is 0. The molecule has 0 saturated carbocycles. The Kier molecular flexibility index (Phi) is 6.62. The van der Waals surface area contributed by atoms with Crippen molar-refractivity contribution < 1.29 is 9.53 Å². The fourth-order valence-electron chi connectivity index (χ4n) is 1.36. The molecular formula is C13H26O2. The molecule has 2 nitrogen and oxygen atoms in total. The van der Waals surface area contributed by atoms with Gasteiger partial charge in [0.05, 0.1) is 0 Å². The van der Waals surface area contributed by atoms with Crippen LogP contribution in [0.3, 0.4) is 0 Å². The van der Waals surface area contributed by atoms with E-state index >= 15 is 0 Å². The fraction of sp³-hybridized carbons (Fsp3) is 0.923. The monoisotopic (exact) mass is 214 g/mol. The van der Waals surface area contributed by atoms with Gasteiger partial charge in [-0.2, -0.15) is 0 Å². The predicted molar refractivity (Wildman–Crippen MR) is 63.8 cm³/mol. The van der Waals surface area contributed by atoms with E-state index in [1.54, 1.807) is 0 Å². The van der Waals surface area contributed by atoms with E-state index in [4.69, 9.17) is 4.74 Å². The van der Waals surface area contributed by atoms with Crippen molar-refractivity contribution in [2.45, 2.75) is 72.3 Å². The largest absolute Gasteiger partial charge is 0.460 e. The average Bonchev–Trinajstić information content (AvgIpc) is 2.09. The first-order chi connectivity index (χ1) is 6.85. The van der Waals surface area contributed by atoms with Crippen LogP contribution in [-0.2, 0) is 9.53 Å². The molecule has 0 fully saturated rings. The quantitative estimate of drug-likeness (QED) is 0.494. The normalized spacial score (nSPS) is 13.7. The number of ether oxygens (including phenoxy) is 1. The summed E-state index contributed by atoms with van der Waals surface area (Å²) in [6.45, 7) is 10.2. The molecule has 0 aromatic heterocycles. The Labute approximate surface area is 94.4 Å². The Balaban J connectivity index is 3.48. The van der Waals surface area contributed by atoms with Crippen LogP contribution in [0.25, 0.3) is 0 Å². The molecule has 2 heteroatoms. The van der Waals surface area contributed by atoms with Gasteiger partial charge in [0.1, 0.15) is 5.60 Å². The lowest BCUT2D eigenvalue weighted by Crippen LogP contribution is -2.23. The lowest BCUT2D eigenvalue weighted by atomic mass is 10.0. The van der Waals surface area contributed by atoms with Crippen molar-refractivity contribution in [1.29, 1.82) is 0 Å². The number of rotatable bonds is 6. The summed E-state index contributed by atoms with van der Waals surface area (Å²) in [5.41, 5.74) is -0.339. The minimum atomic E-state index is -0.339. The molecule has 0 aliphatic rings. The second kappa shape index (κ2) is 6.86. The van der Waals surface area contributed by atoms with Gasteiger partial charge in [0.25, 0.3) is 0 Å². The molecule has 0 heterocycles. The van der Waals surface area contributed by atoms with E-state index in [1.165, 1.54) is 12.8 Å². The van der Waals surface area contributed by atoms with Crippen molar-refractivity contribution in [1.82, 2.24) is 0 Å². The third-order valence-electron chi connectivity index (χ3n) is 2.44. The first kappa shape index (κ1) is 14.5. The van der Waals surface area contributed by atoms with Crippen LogP contribution in [0.1, 0.15) is 66.7 Å². The smallest absolute Gasteiger partial charge is 0.306 e. The van der Waals surface area contributed by atoms with Crippen LogP contribution in [0.2, 0.25) is 0 Å². The molecule has 90 valence electrons. The Hall–Kier alpha value is -0.530. The van der Waals surface area contributed by atoms with Gasteiger partial charge in [-0.15, -0.1) is 0 Å². The molecule has 0 aromatic rings. The maximum atomic E-state index is 11.4. The molecule has 1 atom stereocenters. The summed E-state index contributed by atoms with van der Waals surface area (Å²) in [5.74, 6) is 0.718. The van der Waals surface area contributed by atoms with E-state index in [2.05, 4.69) is 13.8 Å². The van der Waals surface area contributed by atoms with E-state index in [0.29, 0.717) is 6.42 Å². The van der Waals surface area contributed by atoms with Crippen molar-refractivity contribution in [3.8, 4) is 0 Å². The van der Waals surface area contributed by atoms with Gasteiger partial charge in [0.15, 0.2) is 0 Å². The van der Waals surface area contributed by atoms with Gasteiger partial charge in [-0.05, 0) is 33.1 Å². The van der Waals surface area contributed by atoms with E-state index in [-0.39, 0.29) is 11.6 Å². The maximum absolute atomic E-state index is 11.4. The summed E-state index contributed by atoms with van der Waals surface area (Å²) in [7, 11) is 0. The molecule has 0 aliphatic carbocycles. The Morgan fingerprint density at radius 2 is 1.87 bits per heavy atom. The molecule has 0 rings (SSSR count). The highest BCUT2D eigenvalue weighted by atomic mass is 16.6.